The molecular formula is C28H36O9Si. The van der Waals surface area contributed by atoms with Gasteiger partial charge in [-0.05, 0) is 15.4 Å². The van der Waals surface area contributed by atoms with Crippen LogP contribution in [0.4, 0.5) is 0 Å². The second-order valence-electron chi connectivity index (χ2n) is 10.3. The van der Waals surface area contributed by atoms with Crippen LogP contribution >= 0.6 is 0 Å². The molecule has 0 spiro atoms. The molecule has 38 heavy (non-hydrogen) atoms. The van der Waals surface area contributed by atoms with Crippen molar-refractivity contribution in [2.24, 2.45) is 0 Å². The summed E-state index contributed by atoms with van der Waals surface area (Å²) in [7, 11) is -3.02. The summed E-state index contributed by atoms with van der Waals surface area (Å²) in [6.07, 6.45) is -6.60. The molecule has 9 nitrogen and oxygen atoms in total. The molecule has 0 saturated carbocycles. The van der Waals surface area contributed by atoms with Crippen LogP contribution in [0, 0.1) is 0 Å². The van der Waals surface area contributed by atoms with Crippen molar-refractivity contribution < 1.29 is 42.9 Å². The third-order valence-electron chi connectivity index (χ3n) is 6.40. The second-order valence-corrected chi connectivity index (χ2v) is 14.6. The average molecular weight is 545 g/mol. The first-order valence-corrected chi connectivity index (χ1v) is 14.4. The Labute approximate surface area is 224 Å². The number of aliphatic hydroxyl groups is 1. The number of hydrogen-bond acceptors (Lipinski definition) is 9. The molecule has 1 aliphatic rings. The standard InChI is InChI=1S/C28H36O9Si/c1-18(29)34-24-23(37-27(32)26(36-20(3)31)25(24)35-19(2)30)17-33-38(28(4,5)6,21-13-9-7-10-14-21)22-15-11-8-12-16-22/h7-16,23-27,32H,17H2,1-6H3/t23-,24-,25+,26-,27-/m1/s1. The lowest BCUT2D eigenvalue weighted by Crippen LogP contribution is -2.68. The first kappa shape index (κ1) is 29.5. The van der Waals surface area contributed by atoms with Gasteiger partial charge < -0.3 is 28.5 Å². The SMILES string of the molecule is CC(=O)O[C@@H]1[C@@H](OC(C)=O)[C@H](O)O[C@H](CO[Si](c2ccccc2)(c2ccccc2)C(C)(C)C)[C@H]1OC(C)=O. The van der Waals surface area contributed by atoms with Crippen LogP contribution < -0.4 is 10.4 Å². The average Bonchev–Trinajstić information content (AvgIpc) is 2.83. The van der Waals surface area contributed by atoms with Gasteiger partial charge in [0.15, 0.2) is 24.6 Å². The van der Waals surface area contributed by atoms with E-state index in [1.54, 1.807) is 0 Å². The monoisotopic (exact) mass is 544 g/mol. The van der Waals surface area contributed by atoms with Gasteiger partial charge in [-0.3, -0.25) is 14.4 Å². The van der Waals surface area contributed by atoms with Gasteiger partial charge in [0.2, 0.25) is 0 Å². The Balaban J connectivity index is 2.06. The van der Waals surface area contributed by atoms with Crippen LogP contribution in [-0.2, 0) is 37.8 Å². The Morgan fingerprint density at radius 1 is 0.763 bits per heavy atom. The Bertz CT molecular complexity index is 1060. The van der Waals surface area contributed by atoms with E-state index in [1.807, 2.05) is 60.7 Å². The first-order chi connectivity index (χ1) is 17.9. The fourth-order valence-electron chi connectivity index (χ4n) is 4.97. The Morgan fingerprint density at radius 3 is 1.61 bits per heavy atom. The van der Waals surface area contributed by atoms with E-state index in [9.17, 15) is 19.5 Å². The number of ether oxygens (including phenoxy) is 4. The third kappa shape index (κ3) is 6.50. The van der Waals surface area contributed by atoms with E-state index >= 15 is 0 Å². The molecule has 0 aromatic heterocycles. The zero-order valence-corrected chi connectivity index (χ0v) is 23.6. The van der Waals surface area contributed by atoms with Crippen molar-refractivity contribution in [3.05, 3.63) is 60.7 Å². The van der Waals surface area contributed by atoms with Gasteiger partial charge in [0.05, 0.1) is 6.61 Å². The quantitative estimate of drug-likeness (QED) is 0.303. The fraction of sp³-hybridized carbons (Fsp3) is 0.464. The van der Waals surface area contributed by atoms with E-state index in [1.165, 1.54) is 13.8 Å². The summed E-state index contributed by atoms with van der Waals surface area (Å²) in [4.78, 5) is 35.8. The molecule has 1 fully saturated rings. The Kier molecular flexibility index (Phi) is 9.48. The van der Waals surface area contributed by atoms with Crippen LogP contribution in [-0.4, -0.2) is 68.6 Å². The lowest BCUT2D eigenvalue weighted by atomic mass is 9.98. The number of carbonyl (C=O) groups excluding carboxylic acids is 3. The lowest BCUT2D eigenvalue weighted by Gasteiger charge is -2.46. The van der Waals surface area contributed by atoms with E-state index in [0.717, 1.165) is 17.3 Å². The van der Waals surface area contributed by atoms with Gasteiger partial charge in [0.1, 0.15) is 6.10 Å². The van der Waals surface area contributed by atoms with Crippen molar-refractivity contribution in [2.45, 2.75) is 77.3 Å². The number of aliphatic hydroxyl groups excluding tert-OH is 1. The van der Waals surface area contributed by atoms with E-state index in [2.05, 4.69) is 20.8 Å². The minimum absolute atomic E-state index is 0.104. The number of rotatable bonds is 8. The summed E-state index contributed by atoms with van der Waals surface area (Å²) >= 11 is 0. The number of benzene rings is 2. The topological polar surface area (TPSA) is 118 Å². The van der Waals surface area contributed by atoms with Gasteiger partial charge in [0.25, 0.3) is 8.32 Å². The maximum absolute atomic E-state index is 12.1. The van der Waals surface area contributed by atoms with Crippen LogP contribution in [0.5, 0.6) is 0 Å². The van der Waals surface area contributed by atoms with Crippen molar-refractivity contribution in [2.75, 3.05) is 6.61 Å². The minimum atomic E-state index is -3.02. The van der Waals surface area contributed by atoms with Gasteiger partial charge in [-0.1, -0.05) is 81.4 Å². The molecular weight excluding hydrogens is 508 g/mol. The summed E-state index contributed by atoms with van der Waals surface area (Å²) in [6, 6.07) is 19.8. The summed E-state index contributed by atoms with van der Waals surface area (Å²) in [5.74, 6) is -2.09. The Hall–Kier alpha value is -3.05. The molecule has 1 N–H and O–H groups in total. The molecule has 3 rings (SSSR count). The van der Waals surface area contributed by atoms with Crippen molar-refractivity contribution in [3.63, 3.8) is 0 Å². The molecule has 2 aromatic carbocycles. The third-order valence-corrected chi connectivity index (χ3v) is 11.4. The summed E-state index contributed by atoms with van der Waals surface area (Å²) < 4.78 is 28.9. The van der Waals surface area contributed by atoms with Crippen molar-refractivity contribution in [1.82, 2.24) is 0 Å². The molecule has 1 saturated heterocycles. The van der Waals surface area contributed by atoms with E-state index in [0.29, 0.717) is 0 Å². The summed E-state index contributed by atoms with van der Waals surface area (Å²) in [5, 5.41) is 12.5. The molecule has 1 aliphatic heterocycles. The van der Waals surface area contributed by atoms with Crippen molar-refractivity contribution in [3.8, 4) is 0 Å². The number of carbonyl (C=O) groups is 3. The highest BCUT2D eigenvalue weighted by molar-refractivity contribution is 6.99. The molecule has 0 radical (unpaired) electrons. The smallest absolute Gasteiger partial charge is 0.303 e. The van der Waals surface area contributed by atoms with Gasteiger partial charge in [-0.2, -0.15) is 0 Å². The molecule has 1 heterocycles. The molecule has 0 unspecified atom stereocenters. The lowest BCUT2D eigenvalue weighted by molar-refractivity contribution is -0.294. The predicted octanol–water partition coefficient (Wildman–Crippen LogP) is 2.08. The molecule has 0 aliphatic carbocycles. The summed E-state index contributed by atoms with van der Waals surface area (Å²) in [6.45, 7) is 9.75. The molecule has 10 heteroatoms. The Morgan fingerprint density at radius 2 is 1.18 bits per heavy atom. The highest BCUT2D eigenvalue weighted by Crippen LogP contribution is 2.38. The molecule has 2 aromatic rings. The normalized spacial score (nSPS) is 23.8. The maximum atomic E-state index is 12.1. The largest absolute Gasteiger partial charge is 0.456 e. The second kappa shape index (κ2) is 12.2. The molecule has 206 valence electrons. The zero-order valence-electron chi connectivity index (χ0n) is 22.6. The van der Waals surface area contributed by atoms with Crippen LogP contribution in [0.2, 0.25) is 5.04 Å². The van der Waals surface area contributed by atoms with E-state index in [4.69, 9.17) is 23.4 Å². The van der Waals surface area contributed by atoms with E-state index in [-0.39, 0.29) is 11.6 Å². The van der Waals surface area contributed by atoms with E-state index < -0.39 is 56.9 Å². The van der Waals surface area contributed by atoms with Crippen molar-refractivity contribution in [1.29, 1.82) is 0 Å². The van der Waals surface area contributed by atoms with Gasteiger partial charge >= 0.3 is 17.9 Å². The van der Waals surface area contributed by atoms with Gasteiger partial charge in [-0.15, -0.1) is 0 Å². The van der Waals surface area contributed by atoms with Crippen LogP contribution in [0.15, 0.2) is 60.7 Å². The summed E-state index contributed by atoms with van der Waals surface area (Å²) in [5.41, 5.74) is 0. The number of hydrogen-bond donors (Lipinski definition) is 1. The van der Waals surface area contributed by atoms with Crippen molar-refractivity contribution >= 4 is 36.6 Å². The molecule has 5 atom stereocenters. The zero-order chi connectivity index (χ0) is 28.1. The van der Waals surface area contributed by atoms with Crippen LogP contribution in [0.25, 0.3) is 0 Å². The predicted molar refractivity (Wildman–Crippen MR) is 141 cm³/mol. The maximum Gasteiger partial charge on any atom is 0.303 e. The van der Waals surface area contributed by atoms with Crippen LogP contribution in [0.3, 0.4) is 0 Å². The highest BCUT2D eigenvalue weighted by atomic mass is 28.4. The number of esters is 3. The first-order valence-electron chi connectivity index (χ1n) is 12.5. The van der Waals surface area contributed by atoms with Crippen LogP contribution in [0.1, 0.15) is 41.5 Å². The van der Waals surface area contributed by atoms with Gasteiger partial charge in [-0.25, -0.2) is 0 Å². The minimum Gasteiger partial charge on any atom is -0.456 e. The fourth-order valence-corrected chi connectivity index (χ4v) is 9.54. The molecule has 0 bridgehead atoms. The highest BCUT2D eigenvalue weighted by Gasteiger charge is 2.54. The molecule has 0 amide bonds. The van der Waals surface area contributed by atoms with Gasteiger partial charge in [0, 0.05) is 20.8 Å².